The summed E-state index contributed by atoms with van der Waals surface area (Å²) in [6.07, 6.45) is 1.98. The molecular formula is C11H26O3Si. The average molecular weight is 234 g/mol. The molecule has 2 atom stereocenters. The van der Waals surface area contributed by atoms with Gasteiger partial charge in [-0.1, -0.05) is 20.3 Å². The minimum Gasteiger partial charge on any atom is -0.395 e. The molecule has 0 saturated heterocycles. The number of hydrogen-bond acceptors (Lipinski definition) is 3. The maximum atomic E-state index is 5.92. The van der Waals surface area contributed by atoms with E-state index in [-0.39, 0.29) is 6.29 Å². The molecule has 0 aromatic heterocycles. The molecule has 0 fully saturated rings. The van der Waals surface area contributed by atoms with Gasteiger partial charge in [0.2, 0.25) is 0 Å². The Labute approximate surface area is 95.4 Å². The van der Waals surface area contributed by atoms with Crippen LogP contribution in [0.5, 0.6) is 0 Å². The fourth-order valence-corrected chi connectivity index (χ4v) is 4.21. The highest BCUT2D eigenvalue weighted by Gasteiger charge is 2.32. The highest BCUT2D eigenvalue weighted by Crippen LogP contribution is 2.18. The first kappa shape index (κ1) is 15.1. The van der Waals surface area contributed by atoms with Crippen molar-refractivity contribution in [1.82, 2.24) is 0 Å². The lowest BCUT2D eigenvalue weighted by Crippen LogP contribution is -2.42. The second-order valence-corrected chi connectivity index (χ2v) is 7.17. The maximum absolute atomic E-state index is 5.92. The molecule has 0 amide bonds. The van der Waals surface area contributed by atoms with Crippen molar-refractivity contribution in [1.29, 1.82) is 0 Å². The fraction of sp³-hybridized carbons (Fsp3) is 1.00. The molecule has 15 heavy (non-hydrogen) atoms. The minimum atomic E-state index is -1.99. The van der Waals surface area contributed by atoms with Crippen LogP contribution in [0, 0.1) is 0 Å². The third-order valence-corrected chi connectivity index (χ3v) is 5.26. The summed E-state index contributed by atoms with van der Waals surface area (Å²) < 4.78 is 17.2. The Morgan fingerprint density at radius 3 is 2.27 bits per heavy atom. The molecule has 2 unspecified atom stereocenters. The molecule has 0 heterocycles. The van der Waals surface area contributed by atoms with E-state index in [4.69, 9.17) is 13.6 Å². The molecule has 0 saturated carbocycles. The van der Waals surface area contributed by atoms with Crippen molar-refractivity contribution in [2.24, 2.45) is 0 Å². The Morgan fingerprint density at radius 2 is 1.80 bits per heavy atom. The first-order valence-electron chi connectivity index (χ1n) is 6.01. The van der Waals surface area contributed by atoms with Crippen LogP contribution < -0.4 is 0 Å². The Bertz CT molecular complexity index is 147. The smallest absolute Gasteiger partial charge is 0.336 e. The van der Waals surface area contributed by atoms with Gasteiger partial charge in [-0.15, -0.1) is 0 Å². The van der Waals surface area contributed by atoms with Crippen LogP contribution in [-0.4, -0.2) is 28.1 Å². The molecule has 0 spiro atoms. The maximum Gasteiger partial charge on any atom is 0.336 e. The van der Waals surface area contributed by atoms with Gasteiger partial charge in [-0.25, -0.2) is 0 Å². The van der Waals surface area contributed by atoms with Gasteiger partial charge in [0.05, 0.1) is 0 Å². The summed E-state index contributed by atoms with van der Waals surface area (Å²) in [5, 5.41) is 0. The Morgan fingerprint density at radius 1 is 1.13 bits per heavy atom. The lowest BCUT2D eigenvalue weighted by Gasteiger charge is -2.29. The van der Waals surface area contributed by atoms with E-state index in [9.17, 15) is 0 Å². The summed E-state index contributed by atoms with van der Waals surface area (Å²) in [6.45, 7) is 11.8. The molecule has 0 radical (unpaired) electrons. The van der Waals surface area contributed by atoms with Crippen molar-refractivity contribution in [2.75, 3.05) is 13.2 Å². The van der Waals surface area contributed by atoms with E-state index < -0.39 is 8.56 Å². The van der Waals surface area contributed by atoms with E-state index in [2.05, 4.69) is 20.4 Å². The van der Waals surface area contributed by atoms with Gasteiger partial charge in [0, 0.05) is 13.2 Å². The van der Waals surface area contributed by atoms with E-state index in [1.807, 2.05) is 13.8 Å². The highest BCUT2D eigenvalue weighted by atomic mass is 28.4. The molecule has 0 bridgehead atoms. The van der Waals surface area contributed by atoms with Crippen LogP contribution in [0.3, 0.4) is 0 Å². The summed E-state index contributed by atoms with van der Waals surface area (Å²) in [5.74, 6) is 0. The van der Waals surface area contributed by atoms with E-state index in [1.54, 1.807) is 0 Å². The Balaban J connectivity index is 4.02. The fourth-order valence-electron chi connectivity index (χ4n) is 1.59. The van der Waals surface area contributed by atoms with E-state index >= 15 is 0 Å². The van der Waals surface area contributed by atoms with Gasteiger partial charge in [-0.3, -0.25) is 0 Å². The van der Waals surface area contributed by atoms with Crippen LogP contribution in [0.1, 0.15) is 40.5 Å². The van der Waals surface area contributed by atoms with Crippen LogP contribution in [0.15, 0.2) is 0 Å². The molecule has 0 aliphatic heterocycles. The lowest BCUT2D eigenvalue weighted by atomic mass is 10.5. The molecule has 0 aromatic rings. The summed E-state index contributed by atoms with van der Waals surface area (Å²) >= 11 is 0. The molecule has 0 aromatic carbocycles. The first-order valence-corrected chi connectivity index (χ1v) is 8.53. The number of ether oxygens (including phenoxy) is 1. The average Bonchev–Trinajstić information content (AvgIpc) is 2.15. The second-order valence-electron chi connectivity index (χ2n) is 3.87. The normalized spacial score (nSPS) is 17.4. The predicted molar refractivity (Wildman–Crippen MR) is 65.1 cm³/mol. The van der Waals surface area contributed by atoms with Crippen molar-refractivity contribution < 1.29 is 13.6 Å². The standard InChI is InChI=1S/C11H26O3Si/c1-6-9-12-11(4)14-15(5,10-7-2)13-8-3/h11H,6-10H2,1-5H3. The van der Waals surface area contributed by atoms with Crippen LogP contribution in [0.25, 0.3) is 0 Å². The van der Waals surface area contributed by atoms with Crippen LogP contribution in [0.4, 0.5) is 0 Å². The summed E-state index contributed by atoms with van der Waals surface area (Å²) in [6, 6.07) is 1.03. The Kier molecular flexibility index (Phi) is 8.33. The largest absolute Gasteiger partial charge is 0.395 e. The zero-order valence-electron chi connectivity index (χ0n) is 10.8. The van der Waals surface area contributed by atoms with Crippen molar-refractivity contribution >= 4 is 8.56 Å². The van der Waals surface area contributed by atoms with Gasteiger partial charge in [0.15, 0.2) is 0 Å². The minimum absolute atomic E-state index is 0.139. The lowest BCUT2D eigenvalue weighted by molar-refractivity contribution is -0.0860. The molecular weight excluding hydrogens is 208 g/mol. The highest BCUT2D eigenvalue weighted by molar-refractivity contribution is 6.66. The zero-order chi connectivity index (χ0) is 11.7. The molecule has 0 rings (SSSR count). The van der Waals surface area contributed by atoms with E-state index in [1.165, 1.54) is 0 Å². The van der Waals surface area contributed by atoms with Gasteiger partial charge in [0.1, 0.15) is 6.29 Å². The first-order chi connectivity index (χ1) is 7.08. The van der Waals surface area contributed by atoms with Crippen LogP contribution in [0.2, 0.25) is 12.6 Å². The van der Waals surface area contributed by atoms with Gasteiger partial charge in [-0.05, 0) is 32.9 Å². The summed E-state index contributed by atoms with van der Waals surface area (Å²) in [4.78, 5) is 0. The predicted octanol–water partition coefficient (Wildman–Crippen LogP) is 3.29. The third kappa shape index (κ3) is 7.06. The van der Waals surface area contributed by atoms with Gasteiger partial charge in [-0.2, -0.15) is 0 Å². The second kappa shape index (κ2) is 8.27. The van der Waals surface area contributed by atoms with Crippen LogP contribution >= 0.6 is 0 Å². The van der Waals surface area contributed by atoms with Gasteiger partial charge in [0.25, 0.3) is 0 Å². The molecule has 3 nitrogen and oxygen atoms in total. The number of hydrogen-bond donors (Lipinski definition) is 0. The van der Waals surface area contributed by atoms with Gasteiger partial charge < -0.3 is 13.6 Å². The quantitative estimate of drug-likeness (QED) is 0.452. The Hall–Kier alpha value is 0.0969. The molecule has 0 aliphatic carbocycles. The van der Waals surface area contributed by atoms with Crippen molar-refractivity contribution in [3.63, 3.8) is 0 Å². The zero-order valence-corrected chi connectivity index (χ0v) is 11.8. The number of rotatable bonds is 9. The SMILES string of the molecule is CCCOC(C)O[Si](C)(CCC)OCC. The molecule has 4 heteroatoms. The molecule has 0 N–H and O–H groups in total. The van der Waals surface area contributed by atoms with E-state index in [0.29, 0.717) is 0 Å². The summed E-state index contributed by atoms with van der Waals surface area (Å²) in [7, 11) is -1.99. The summed E-state index contributed by atoms with van der Waals surface area (Å²) in [5.41, 5.74) is 0. The van der Waals surface area contributed by atoms with E-state index in [0.717, 1.165) is 32.1 Å². The molecule has 0 aliphatic rings. The third-order valence-electron chi connectivity index (χ3n) is 2.13. The molecule has 92 valence electrons. The van der Waals surface area contributed by atoms with Crippen molar-refractivity contribution in [3.8, 4) is 0 Å². The van der Waals surface area contributed by atoms with Crippen molar-refractivity contribution in [3.05, 3.63) is 0 Å². The van der Waals surface area contributed by atoms with Crippen LogP contribution in [-0.2, 0) is 13.6 Å². The topological polar surface area (TPSA) is 27.7 Å². The monoisotopic (exact) mass is 234 g/mol. The van der Waals surface area contributed by atoms with Crippen molar-refractivity contribution in [2.45, 2.75) is 59.4 Å². The van der Waals surface area contributed by atoms with Gasteiger partial charge >= 0.3 is 8.56 Å².